The van der Waals surface area contributed by atoms with Crippen molar-refractivity contribution in [3.63, 3.8) is 0 Å². The van der Waals surface area contributed by atoms with Crippen LogP contribution in [0, 0.1) is 0 Å². The number of hydrogen-bond donors (Lipinski definition) is 1. The minimum Gasteiger partial charge on any atom is -0.347 e. The predicted molar refractivity (Wildman–Crippen MR) is 49.6 cm³/mol. The highest BCUT2D eigenvalue weighted by molar-refractivity contribution is 5.46. The van der Waals surface area contributed by atoms with Crippen molar-refractivity contribution in [3.8, 4) is 0 Å². The molecule has 0 aliphatic carbocycles. The maximum absolute atomic E-state index is 11.4. The maximum Gasteiger partial charge on any atom is 0.206 e. The molecule has 0 spiro atoms. The second-order valence-corrected chi connectivity index (χ2v) is 3.41. The standard InChI is InChI=1S/C8H12N4O/c1-11-4-6-7(13)3-9-10-8(6)12(2)5-11/h3H,4-5H2,1-2H3,(H,10,13). The van der Waals surface area contributed by atoms with E-state index in [1.54, 1.807) is 0 Å². The quantitative estimate of drug-likeness (QED) is 0.590. The molecule has 0 atom stereocenters. The number of nitrogens with one attached hydrogen (secondary N) is 1. The summed E-state index contributed by atoms with van der Waals surface area (Å²) in [6.45, 7) is 1.51. The first-order valence-electron chi connectivity index (χ1n) is 4.14. The van der Waals surface area contributed by atoms with Crippen LogP contribution in [-0.4, -0.2) is 35.9 Å². The Morgan fingerprint density at radius 2 is 2.31 bits per heavy atom. The monoisotopic (exact) mass is 180 g/mol. The summed E-state index contributed by atoms with van der Waals surface area (Å²) in [5.74, 6) is 0.839. The number of hydrogen-bond acceptors (Lipinski definition) is 4. The summed E-state index contributed by atoms with van der Waals surface area (Å²) >= 11 is 0. The number of aromatic nitrogens is 2. The van der Waals surface area contributed by atoms with E-state index in [4.69, 9.17) is 0 Å². The van der Waals surface area contributed by atoms with E-state index in [0.29, 0.717) is 6.54 Å². The maximum atomic E-state index is 11.4. The number of fused-ring (bicyclic) bond motifs is 1. The largest absolute Gasteiger partial charge is 0.347 e. The summed E-state index contributed by atoms with van der Waals surface area (Å²) in [7, 11) is 3.92. The van der Waals surface area contributed by atoms with Gasteiger partial charge < -0.3 is 4.90 Å². The molecule has 0 amide bonds. The van der Waals surface area contributed by atoms with Gasteiger partial charge in [0.1, 0.15) is 5.82 Å². The van der Waals surface area contributed by atoms with Gasteiger partial charge in [-0.1, -0.05) is 0 Å². The predicted octanol–water partition coefficient (Wildman–Crippen LogP) is -0.391. The molecular weight excluding hydrogens is 168 g/mol. The number of anilines is 1. The summed E-state index contributed by atoms with van der Waals surface area (Å²) in [5.41, 5.74) is 0.804. The van der Waals surface area contributed by atoms with Gasteiger partial charge in [-0.2, -0.15) is 5.10 Å². The van der Waals surface area contributed by atoms with E-state index in [-0.39, 0.29) is 5.43 Å². The van der Waals surface area contributed by atoms with Gasteiger partial charge >= 0.3 is 0 Å². The highest BCUT2D eigenvalue weighted by Gasteiger charge is 2.19. The Balaban J connectivity index is 2.55. The minimum atomic E-state index is 0.00662. The molecule has 13 heavy (non-hydrogen) atoms. The second-order valence-electron chi connectivity index (χ2n) is 3.41. The van der Waals surface area contributed by atoms with Crippen LogP contribution in [0.2, 0.25) is 0 Å². The van der Waals surface area contributed by atoms with E-state index in [2.05, 4.69) is 15.1 Å². The van der Waals surface area contributed by atoms with Crippen LogP contribution in [0.5, 0.6) is 0 Å². The fraction of sp³-hybridized carbons (Fsp3) is 0.500. The Kier molecular flexibility index (Phi) is 1.81. The van der Waals surface area contributed by atoms with Crippen LogP contribution in [0.3, 0.4) is 0 Å². The van der Waals surface area contributed by atoms with Crippen LogP contribution in [0.1, 0.15) is 5.56 Å². The number of H-pyrrole nitrogens is 1. The third-order valence-corrected chi connectivity index (χ3v) is 2.20. The summed E-state index contributed by atoms with van der Waals surface area (Å²) < 4.78 is 0. The van der Waals surface area contributed by atoms with Crippen LogP contribution < -0.4 is 10.3 Å². The van der Waals surface area contributed by atoms with Crippen LogP contribution in [0.4, 0.5) is 5.82 Å². The summed E-state index contributed by atoms with van der Waals surface area (Å²) in [6, 6.07) is 0. The van der Waals surface area contributed by atoms with Gasteiger partial charge in [0.05, 0.1) is 18.4 Å². The van der Waals surface area contributed by atoms with E-state index in [1.807, 2.05) is 19.0 Å². The van der Waals surface area contributed by atoms with Gasteiger partial charge in [0, 0.05) is 13.6 Å². The molecule has 0 aromatic carbocycles. The molecule has 0 fully saturated rings. The van der Waals surface area contributed by atoms with Crippen LogP contribution >= 0.6 is 0 Å². The Morgan fingerprint density at radius 3 is 3.08 bits per heavy atom. The molecule has 0 saturated heterocycles. The Morgan fingerprint density at radius 1 is 1.54 bits per heavy atom. The van der Waals surface area contributed by atoms with Gasteiger partial charge in [-0.3, -0.25) is 14.8 Å². The van der Waals surface area contributed by atoms with Crippen molar-refractivity contribution in [1.29, 1.82) is 0 Å². The van der Waals surface area contributed by atoms with E-state index >= 15 is 0 Å². The molecule has 1 aromatic heterocycles. The fourth-order valence-electron chi connectivity index (χ4n) is 1.64. The van der Waals surface area contributed by atoms with E-state index in [9.17, 15) is 4.79 Å². The molecule has 2 heterocycles. The lowest BCUT2D eigenvalue weighted by Crippen LogP contribution is -2.40. The molecule has 1 N–H and O–H groups in total. The molecule has 0 bridgehead atoms. The molecule has 70 valence electrons. The third kappa shape index (κ3) is 1.31. The number of rotatable bonds is 0. The molecule has 0 unspecified atom stereocenters. The molecule has 5 heteroatoms. The van der Waals surface area contributed by atoms with Crippen LogP contribution in [0.25, 0.3) is 0 Å². The first kappa shape index (κ1) is 8.25. The smallest absolute Gasteiger partial charge is 0.206 e. The van der Waals surface area contributed by atoms with Crippen molar-refractivity contribution < 1.29 is 0 Å². The van der Waals surface area contributed by atoms with Crippen molar-refractivity contribution in [1.82, 2.24) is 15.1 Å². The van der Waals surface area contributed by atoms with Crippen molar-refractivity contribution in [3.05, 3.63) is 22.0 Å². The molecule has 5 nitrogen and oxygen atoms in total. The van der Waals surface area contributed by atoms with Crippen LogP contribution in [-0.2, 0) is 6.54 Å². The molecule has 1 aromatic rings. The average Bonchev–Trinajstić information content (AvgIpc) is 2.07. The highest BCUT2D eigenvalue weighted by Crippen LogP contribution is 2.17. The SMILES string of the molecule is CN1Cc2c([nH]ncc2=O)N(C)C1. The highest BCUT2D eigenvalue weighted by atomic mass is 16.1. The number of aromatic amines is 1. The topological polar surface area (TPSA) is 52.2 Å². The van der Waals surface area contributed by atoms with Gasteiger partial charge in [0.15, 0.2) is 0 Å². The second kappa shape index (κ2) is 2.85. The summed E-state index contributed by atoms with van der Waals surface area (Å²) in [6.07, 6.45) is 1.33. The van der Waals surface area contributed by atoms with Crippen molar-refractivity contribution in [2.75, 3.05) is 25.7 Å². The van der Waals surface area contributed by atoms with Gasteiger partial charge in [0.25, 0.3) is 0 Å². The molecule has 0 radical (unpaired) electrons. The molecule has 0 saturated carbocycles. The zero-order valence-electron chi connectivity index (χ0n) is 7.74. The third-order valence-electron chi connectivity index (χ3n) is 2.20. The summed E-state index contributed by atoms with van der Waals surface area (Å²) in [4.78, 5) is 15.5. The number of nitrogens with zero attached hydrogens (tertiary/aromatic N) is 3. The van der Waals surface area contributed by atoms with Gasteiger partial charge in [-0.25, -0.2) is 0 Å². The zero-order valence-corrected chi connectivity index (χ0v) is 7.74. The first-order valence-corrected chi connectivity index (χ1v) is 4.14. The van der Waals surface area contributed by atoms with E-state index < -0.39 is 0 Å². The van der Waals surface area contributed by atoms with Crippen LogP contribution in [0.15, 0.2) is 11.0 Å². The Hall–Kier alpha value is -1.36. The lowest BCUT2D eigenvalue weighted by atomic mass is 10.2. The summed E-state index contributed by atoms with van der Waals surface area (Å²) in [5, 5.41) is 6.62. The van der Waals surface area contributed by atoms with Gasteiger partial charge in [-0.05, 0) is 7.05 Å². The van der Waals surface area contributed by atoms with E-state index in [1.165, 1.54) is 6.20 Å². The Labute approximate surface area is 76.0 Å². The minimum absolute atomic E-state index is 0.00662. The van der Waals surface area contributed by atoms with Crippen molar-refractivity contribution >= 4 is 5.82 Å². The molecule has 2 rings (SSSR count). The first-order chi connectivity index (χ1) is 6.18. The van der Waals surface area contributed by atoms with Crippen molar-refractivity contribution in [2.24, 2.45) is 0 Å². The Bertz CT molecular complexity index is 373. The fourth-order valence-corrected chi connectivity index (χ4v) is 1.64. The lowest BCUT2D eigenvalue weighted by Gasteiger charge is -2.32. The lowest BCUT2D eigenvalue weighted by molar-refractivity contribution is 0.312. The average molecular weight is 180 g/mol. The molecule has 1 aliphatic heterocycles. The normalized spacial score (nSPS) is 17.2. The van der Waals surface area contributed by atoms with Gasteiger partial charge in [0.2, 0.25) is 5.43 Å². The molecular formula is C8H12N4O. The molecule has 1 aliphatic rings. The van der Waals surface area contributed by atoms with Crippen molar-refractivity contribution in [2.45, 2.75) is 6.54 Å². The van der Waals surface area contributed by atoms with E-state index in [0.717, 1.165) is 18.1 Å². The van der Waals surface area contributed by atoms with Gasteiger partial charge in [-0.15, -0.1) is 0 Å². The zero-order chi connectivity index (χ0) is 9.42.